The molecule has 4 heteroatoms. The van der Waals surface area contributed by atoms with Crippen molar-refractivity contribution in [3.05, 3.63) is 12.2 Å². The van der Waals surface area contributed by atoms with Gasteiger partial charge in [0.25, 0.3) is 0 Å². The van der Waals surface area contributed by atoms with Gasteiger partial charge in [0.15, 0.2) is 0 Å². The number of oxime groups is 1. The van der Waals surface area contributed by atoms with E-state index < -0.39 is 0 Å². The van der Waals surface area contributed by atoms with E-state index in [1.54, 1.807) is 0 Å². The van der Waals surface area contributed by atoms with E-state index >= 15 is 0 Å². The van der Waals surface area contributed by atoms with Crippen molar-refractivity contribution in [2.75, 3.05) is 13.2 Å². The Morgan fingerprint density at radius 2 is 2.00 bits per heavy atom. The zero-order valence-corrected chi connectivity index (χ0v) is 16.4. The van der Waals surface area contributed by atoms with E-state index in [2.05, 4.69) is 25.6 Å². The molecule has 0 heterocycles. The van der Waals surface area contributed by atoms with Gasteiger partial charge in [0.05, 0.1) is 5.71 Å². The first-order valence-corrected chi connectivity index (χ1v) is 10.5. The van der Waals surface area contributed by atoms with Gasteiger partial charge in [-0.25, -0.2) is 0 Å². The van der Waals surface area contributed by atoms with E-state index in [1.165, 1.54) is 24.1 Å². The number of hydrogen-bond donors (Lipinski definition) is 1. The summed E-state index contributed by atoms with van der Waals surface area (Å²) in [4.78, 5) is 17.9. The molecule has 0 radical (unpaired) electrons. The Hall–Kier alpha value is -1.16. The van der Waals surface area contributed by atoms with Crippen molar-refractivity contribution in [1.82, 2.24) is 0 Å². The molecule has 0 aliphatic heterocycles. The number of hydrogen-bond acceptors (Lipinski definition) is 4. The first-order valence-electron chi connectivity index (χ1n) is 10.5. The molecule has 0 unspecified atom stereocenters. The van der Waals surface area contributed by atoms with Gasteiger partial charge < -0.3 is 10.6 Å². The Morgan fingerprint density at radius 1 is 1.19 bits per heavy atom. The van der Waals surface area contributed by atoms with Gasteiger partial charge in [-0.1, -0.05) is 31.2 Å². The van der Waals surface area contributed by atoms with Gasteiger partial charge in [-0.05, 0) is 74.0 Å². The molecule has 0 bridgehead atoms. The third kappa shape index (κ3) is 2.59. The highest BCUT2D eigenvalue weighted by atomic mass is 16.6. The highest BCUT2D eigenvalue weighted by Crippen LogP contribution is 2.66. The van der Waals surface area contributed by atoms with E-state index in [0.29, 0.717) is 42.1 Å². The van der Waals surface area contributed by atoms with Crippen molar-refractivity contribution < 1.29 is 9.63 Å². The topological polar surface area (TPSA) is 64.7 Å². The molecule has 0 amide bonds. The van der Waals surface area contributed by atoms with Crippen LogP contribution >= 0.6 is 0 Å². The van der Waals surface area contributed by atoms with Crippen LogP contribution < -0.4 is 5.73 Å². The van der Waals surface area contributed by atoms with Crippen LogP contribution in [0.5, 0.6) is 0 Å². The smallest absolute Gasteiger partial charge is 0.139 e. The van der Waals surface area contributed by atoms with Crippen LogP contribution in [0.2, 0.25) is 0 Å². The van der Waals surface area contributed by atoms with E-state index in [1.807, 2.05) is 0 Å². The number of ketones is 1. The maximum absolute atomic E-state index is 12.6. The molecule has 6 atom stereocenters. The zero-order chi connectivity index (χ0) is 18.5. The lowest BCUT2D eigenvalue weighted by molar-refractivity contribution is -0.134. The van der Waals surface area contributed by atoms with Gasteiger partial charge in [-0.15, -0.1) is 0 Å². The second-order valence-electron chi connectivity index (χ2n) is 9.70. The molecule has 4 saturated carbocycles. The number of fused-ring (bicyclic) bond motifs is 5. The minimum atomic E-state index is -0.0536. The Balaban J connectivity index is 1.57. The van der Waals surface area contributed by atoms with Crippen LogP contribution in [0.4, 0.5) is 0 Å². The van der Waals surface area contributed by atoms with Crippen LogP contribution in [0.15, 0.2) is 17.3 Å². The van der Waals surface area contributed by atoms with Gasteiger partial charge in [0.1, 0.15) is 12.4 Å². The van der Waals surface area contributed by atoms with Crippen LogP contribution in [0, 0.1) is 34.5 Å². The van der Waals surface area contributed by atoms with E-state index in [4.69, 9.17) is 10.6 Å². The van der Waals surface area contributed by atoms with E-state index in [-0.39, 0.29) is 5.41 Å². The van der Waals surface area contributed by atoms with Crippen molar-refractivity contribution in [3.8, 4) is 0 Å². The average Bonchev–Trinajstić information content (AvgIpc) is 2.92. The molecule has 0 aromatic heterocycles. The lowest BCUT2D eigenvalue weighted by atomic mass is 9.44. The van der Waals surface area contributed by atoms with Crippen molar-refractivity contribution in [1.29, 1.82) is 0 Å². The largest absolute Gasteiger partial charge is 0.395 e. The third-order valence-corrected chi connectivity index (χ3v) is 8.57. The van der Waals surface area contributed by atoms with Crippen LogP contribution in [0.3, 0.4) is 0 Å². The minimum Gasteiger partial charge on any atom is -0.395 e. The van der Waals surface area contributed by atoms with Crippen molar-refractivity contribution >= 4 is 11.5 Å². The SMILES string of the molecule is C=C1C[C@@H]2[C@H](CC[C@]3(C)C(=O)CC[C@@H]23)[C@@]2(C)CCC(=NOCCN)C[C@H]12. The number of nitrogens with zero attached hydrogens (tertiary/aromatic N) is 1. The average molecular weight is 359 g/mol. The second kappa shape index (κ2) is 6.47. The highest BCUT2D eigenvalue weighted by Gasteiger charge is 2.60. The van der Waals surface area contributed by atoms with Gasteiger partial charge in [0.2, 0.25) is 0 Å². The van der Waals surface area contributed by atoms with E-state index in [0.717, 1.165) is 44.4 Å². The van der Waals surface area contributed by atoms with Crippen LogP contribution in [-0.2, 0) is 9.63 Å². The summed E-state index contributed by atoms with van der Waals surface area (Å²) >= 11 is 0. The normalized spacial score (nSPS) is 46.7. The molecular formula is C22H34N2O2. The summed E-state index contributed by atoms with van der Waals surface area (Å²) in [6.45, 7) is 10.3. The third-order valence-electron chi connectivity index (χ3n) is 8.57. The maximum Gasteiger partial charge on any atom is 0.139 e. The Morgan fingerprint density at radius 3 is 2.77 bits per heavy atom. The Labute approximate surface area is 157 Å². The predicted molar refractivity (Wildman–Crippen MR) is 104 cm³/mol. The second-order valence-corrected chi connectivity index (χ2v) is 9.70. The summed E-state index contributed by atoms with van der Waals surface area (Å²) in [6.07, 6.45) is 8.48. The summed E-state index contributed by atoms with van der Waals surface area (Å²) < 4.78 is 0. The molecular weight excluding hydrogens is 324 g/mol. The number of carbonyl (C=O) groups excluding carboxylic acids is 1. The maximum atomic E-state index is 12.6. The quantitative estimate of drug-likeness (QED) is 0.469. The summed E-state index contributed by atoms with van der Waals surface area (Å²) in [5, 5.41) is 4.36. The number of rotatable bonds is 3. The van der Waals surface area contributed by atoms with Gasteiger partial charge in [0, 0.05) is 18.4 Å². The molecule has 26 heavy (non-hydrogen) atoms. The standard InChI is InChI=1S/C22H34N2O2/c1-14-12-16-17-4-5-20(25)22(17,3)9-7-18(16)21(2)8-6-15(13-19(14)21)24-26-11-10-23/h16-19H,1,4-13,23H2,2-3H3/t16-,17-,18-,19+,21+,22-/m0/s1. The molecule has 0 aromatic rings. The van der Waals surface area contributed by atoms with Crippen LogP contribution in [-0.4, -0.2) is 24.6 Å². The molecule has 4 rings (SSSR count). The number of carbonyl (C=O) groups is 1. The van der Waals surface area contributed by atoms with Gasteiger partial charge >= 0.3 is 0 Å². The molecule has 0 aromatic carbocycles. The molecule has 4 aliphatic carbocycles. The lowest BCUT2D eigenvalue weighted by Crippen LogP contribution is -2.54. The molecule has 4 aliphatic rings. The number of Topliss-reactive ketones (excluding diaryl/α,β-unsaturated/α-hetero) is 1. The van der Waals surface area contributed by atoms with E-state index in [9.17, 15) is 4.79 Å². The Bertz CT molecular complexity index is 642. The minimum absolute atomic E-state index is 0.0536. The molecule has 0 spiro atoms. The van der Waals surface area contributed by atoms with Crippen LogP contribution in [0.1, 0.15) is 65.2 Å². The zero-order valence-electron chi connectivity index (χ0n) is 16.4. The monoisotopic (exact) mass is 358 g/mol. The predicted octanol–water partition coefficient (Wildman–Crippen LogP) is 4.10. The van der Waals surface area contributed by atoms with Gasteiger partial charge in [-0.3, -0.25) is 4.79 Å². The van der Waals surface area contributed by atoms with Crippen molar-refractivity contribution in [2.45, 2.75) is 65.2 Å². The van der Waals surface area contributed by atoms with Crippen molar-refractivity contribution in [3.63, 3.8) is 0 Å². The number of allylic oxidation sites excluding steroid dienone is 1. The molecule has 2 N–H and O–H groups in total. The molecule has 144 valence electrons. The molecule has 4 fully saturated rings. The van der Waals surface area contributed by atoms with Crippen molar-refractivity contribution in [2.24, 2.45) is 45.4 Å². The van der Waals surface area contributed by atoms with Gasteiger partial charge in [-0.2, -0.15) is 0 Å². The fraction of sp³-hybridized carbons (Fsp3) is 0.818. The first-order chi connectivity index (χ1) is 12.4. The summed E-state index contributed by atoms with van der Waals surface area (Å²) in [6, 6.07) is 0. The Kier molecular flexibility index (Phi) is 4.53. The fourth-order valence-corrected chi connectivity index (χ4v) is 7.09. The first kappa shape index (κ1) is 18.2. The lowest BCUT2D eigenvalue weighted by Gasteiger charge is -2.60. The molecule has 4 nitrogen and oxygen atoms in total. The fourth-order valence-electron chi connectivity index (χ4n) is 7.09. The number of nitrogens with two attached hydrogens (primary N) is 1. The highest BCUT2D eigenvalue weighted by molar-refractivity contribution is 5.87. The summed E-state index contributed by atoms with van der Waals surface area (Å²) in [5.74, 6) is 2.99. The molecule has 0 saturated heterocycles. The summed E-state index contributed by atoms with van der Waals surface area (Å²) in [5.41, 5.74) is 8.32. The van der Waals surface area contributed by atoms with Crippen LogP contribution in [0.25, 0.3) is 0 Å². The summed E-state index contributed by atoms with van der Waals surface area (Å²) in [7, 11) is 0.